The Kier molecular flexibility index (Phi) is 3.58. The predicted octanol–water partition coefficient (Wildman–Crippen LogP) is 3.39. The molecule has 22 heavy (non-hydrogen) atoms. The molecular formula is C17H14N4O. The Morgan fingerprint density at radius 3 is 3.00 bits per heavy atom. The van der Waals surface area contributed by atoms with Crippen molar-refractivity contribution < 1.29 is 4.79 Å². The molecule has 0 aliphatic carbocycles. The van der Waals surface area contributed by atoms with Crippen LogP contribution in [0.1, 0.15) is 12.0 Å². The van der Waals surface area contributed by atoms with Gasteiger partial charge in [-0.1, -0.05) is 12.1 Å². The van der Waals surface area contributed by atoms with Gasteiger partial charge in [0.2, 0.25) is 5.91 Å². The van der Waals surface area contributed by atoms with Crippen LogP contribution in [0, 0.1) is 18.3 Å². The van der Waals surface area contributed by atoms with Gasteiger partial charge in [-0.3, -0.25) is 9.78 Å². The summed E-state index contributed by atoms with van der Waals surface area (Å²) in [4.78, 5) is 19.0. The van der Waals surface area contributed by atoms with Crippen molar-refractivity contribution >= 4 is 22.5 Å². The van der Waals surface area contributed by atoms with E-state index in [0.717, 1.165) is 27.6 Å². The van der Waals surface area contributed by atoms with Gasteiger partial charge in [0.1, 0.15) is 6.42 Å². The van der Waals surface area contributed by atoms with Crippen molar-refractivity contribution in [2.75, 3.05) is 5.32 Å². The number of anilines is 1. The molecule has 0 saturated heterocycles. The van der Waals surface area contributed by atoms with E-state index in [2.05, 4.69) is 15.3 Å². The van der Waals surface area contributed by atoms with Crippen LogP contribution in [0.4, 0.5) is 5.69 Å². The molecule has 0 bridgehead atoms. The summed E-state index contributed by atoms with van der Waals surface area (Å²) in [6.45, 7) is 2.01. The number of carbonyl (C=O) groups excluding carboxylic acids is 1. The summed E-state index contributed by atoms with van der Waals surface area (Å²) in [6.07, 6.45) is 5.35. The number of rotatable bonds is 3. The lowest BCUT2D eigenvalue weighted by atomic mass is 10.0. The molecule has 2 heterocycles. The number of aromatic amines is 1. The third-order valence-electron chi connectivity index (χ3n) is 3.54. The summed E-state index contributed by atoms with van der Waals surface area (Å²) in [5.41, 5.74) is 4.77. The SMILES string of the molecule is Cc1cnccc1-c1c[nH]c2c(NC(=O)CC#N)cccc12. The van der Waals surface area contributed by atoms with Crippen LogP contribution in [0.2, 0.25) is 0 Å². The van der Waals surface area contributed by atoms with E-state index in [9.17, 15) is 4.79 Å². The molecule has 3 aromatic rings. The molecular weight excluding hydrogens is 276 g/mol. The number of nitriles is 1. The van der Waals surface area contributed by atoms with Gasteiger partial charge >= 0.3 is 0 Å². The summed E-state index contributed by atoms with van der Waals surface area (Å²) >= 11 is 0. The molecule has 0 radical (unpaired) electrons. The minimum absolute atomic E-state index is 0.159. The van der Waals surface area contributed by atoms with E-state index in [0.29, 0.717) is 5.69 Å². The highest BCUT2D eigenvalue weighted by Gasteiger charge is 2.12. The van der Waals surface area contributed by atoms with E-state index in [4.69, 9.17) is 5.26 Å². The molecule has 2 aromatic heterocycles. The topological polar surface area (TPSA) is 81.6 Å². The van der Waals surface area contributed by atoms with E-state index in [-0.39, 0.29) is 12.3 Å². The first kappa shape index (κ1) is 13.8. The standard InChI is InChI=1S/C17H14N4O/c1-11-9-19-8-6-12(11)14-10-20-17-13(14)3-2-4-15(17)21-16(22)5-7-18/h2-4,6,8-10,20H,5H2,1H3,(H,21,22). The van der Waals surface area contributed by atoms with Crippen LogP contribution in [0.5, 0.6) is 0 Å². The maximum Gasteiger partial charge on any atom is 0.238 e. The highest BCUT2D eigenvalue weighted by atomic mass is 16.1. The lowest BCUT2D eigenvalue weighted by Crippen LogP contribution is -2.10. The number of amides is 1. The van der Waals surface area contributed by atoms with Crippen molar-refractivity contribution in [2.24, 2.45) is 0 Å². The number of aromatic nitrogens is 2. The van der Waals surface area contributed by atoms with E-state index in [1.807, 2.05) is 49.7 Å². The molecule has 1 aromatic carbocycles. The zero-order valence-electron chi connectivity index (χ0n) is 12.1. The summed E-state index contributed by atoms with van der Waals surface area (Å²) < 4.78 is 0. The van der Waals surface area contributed by atoms with Gasteiger partial charge < -0.3 is 10.3 Å². The van der Waals surface area contributed by atoms with E-state index >= 15 is 0 Å². The number of nitrogens with one attached hydrogen (secondary N) is 2. The number of pyridine rings is 1. The summed E-state index contributed by atoms with van der Waals surface area (Å²) in [6, 6.07) is 9.52. The van der Waals surface area contributed by atoms with Crippen molar-refractivity contribution in [2.45, 2.75) is 13.3 Å². The molecule has 0 atom stereocenters. The number of carbonyl (C=O) groups is 1. The quantitative estimate of drug-likeness (QED) is 0.775. The minimum atomic E-state index is -0.314. The molecule has 3 rings (SSSR count). The van der Waals surface area contributed by atoms with Crippen molar-refractivity contribution in [3.8, 4) is 17.2 Å². The van der Waals surface area contributed by atoms with E-state index < -0.39 is 0 Å². The van der Waals surface area contributed by atoms with E-state index in [1.165, 1.54) is 0 Å². The van der Waals surface area contributed by atoms with Gasteiger partial charge in [0.25, 0.3) is 0 Å². The highest BCUT2D eigenvalue weighted by Crippen LogP contribution is 2.33. The third-order valence-corrected chi connectivity index (χ3v) is 3.54. The Morgan fingerprint density at radius 2 is 2.23 bits per heavy atom. The van der Waals surface area contributed by atoms with Crippen molar-refractivity contribution in [1.29, 1.82) is 5.26 Å². The highest BCUT2D eigenvalue weighted by molar-refractivity contribution is 6.06. The van der Waals surface area contributed by atoms with Gasteiger partial charge in [-0.15, -0.1) is 0 Å². The maximum absolute atomic E-state index is 11.6. The fourth-order valence-electron chi connectivity index (χ4n) is 2.52. The first-order valence-electron chi connectivity index (χ1n) is 6.88. The van der Waals surface area contributed by atoms with E-state index in [1.54, 1.807) is 6.20 Å². The Balaban J connectivity index is 2.08. The lowest BCUT2D eigenvalue weighted by Gasteiger charge is -2.06. The number of fused-ring (bicyclic) bond motifs is 1. The lowest BCUT2D eigenvalue weighted by molar-refractivity contribution is -0.115. The first-order chi connectivity index (χ1) is 10.7. The third kappa shape index (κ3) is 2.42. The second-order valence-electron chi connectivity index (χ2n) is 5.00. The molecule has 0 aliphatic heterocycles. The average molecular weight is 290 g/mol. The van der Waals surface area contributed by atoms with Crippen molar-refractivity contribution in [1.82, 2.24) is 9.97 Å². The Labute approximate surface area is 127 Å². The van der Waals surface area contributed by atoms with Gasteiger partial charge in [-0.05, 0) is 30.2 Å². The van der Waals surface area contributed by atoms with Gasteiger partial charge in [-0.25, -0.2) is 0 Å². The van der Waals surface area contributed by atoms with Crippen molar-refractivity contribution in [3.05, 3.63) is 48.4 Å². The molecule has 0 saturated carbocycles. The van der Waals surface area contributed by atoms with Gasteiger partial charge in [0.05, 0.1) is 17.3 Å². The average Bonchev–Trinajstić information content (AvgIpc) is 2.93. The fourth-order valence-corrected chi connectivity index (χ4v) is 2.52. The zero-order valence-corrected chi connectivity index (χ0v) is 12.1. The molecule has 5 nitrogen and oxygen atoms in total. The molecule has 0 unspecified atom stereocenters. The number of H-pyrrole nitrogens is 1. The molecule has 0 fully saturated rings. The van der Waals surface area contributed by atoms with Gasteiger partial charge in [0, 0.05) is 29.5 Å². The van der Waals surface area contributed by atoms with Crippen LogP contribution in [0.25, 0.3) is 22.0 Å². The smallest absolute Gasteiger partial charge is 0.238 e. The van der Waals surface area contributed by atoms with Gasteiger partial charge in [-0.2, -0.15) is 5.26 Å². The molecule has 108 valence electrons. The van der Waals surface area contributed by atoms with Crippen molar-refractivity contribution in [3.63, 3.8) is 0 Å². The molecule has 1 amide bonds. The van der Waals surface area contributed by atoms with Crippen LogP contribution in [0.3, 0.4) is 0 Å². The number of benzene rings is 1. The number of hydrogen-bond donors (Lipinski definition) is 2. The minimum Gasteiger partial charge on any atom is -0.359 e. The molecule has 2 N–H and O–H groups in total. The monoisotopic (exact) mass is 290 g/mol. The molecule has 5 heteroatoms. The Morgan fingerprint density at radius 1 is 1.36 bits per heavy atom. The van der Waals surface area contributed by atoms with Crippen LogP contribution in [-0.2, 0) is 4.79 Å². The normalized spacial score (nSPS) is 10.4. The number of hydrogen-bond acceptors (Lipinski definition) is 3. The van der Waals surface area contributed by atoms with Crippen LogP contribution >= 0.6 is 0 Å². The first-order valence-corrected chi connectivity index (χ1v) is 6.88. The molecule has 0 aliphatic rings. The summed E-state index contributed by atoms with van der Waals surface area (Å²) in [7, 11) is 0. The number of para-hydroxylation sites is 1. The summed E-state index contributed by atoms with van der Waals surface area (Å²) in [5, 5.41) is 12.4. The maximum atomic E-state index is 11.6. The summed E-state index contributed by atoms with van der Waals surface area (Å²) in [5.74, 6) is -0.314. The Bertz CT molecular complexity index is 889. The van der Waals surface area contributed by atoms with Crippen LogP contribution < -0.4 is 5.32 Å². The largest absolute Gasteiger partial charge is 0.359 e. The fraction of sp³-hybridized carbons (Fsp3) is 0.118. The van der Waals surface area contributed by atoms with Gasteiger partial charge in [0.15, 0.2) is 0 Å². The number of aryl methyl sites for hydroxylation is 1. The Hall–Kier alpha value is -3.13. The second-order valence-corrected chi connectivity index (χ2v) is 5.00. The van der Waals surface area contributed by atoms with Crippen LogP contribution in [-0.4, -0.2) is 15.9 Å². The molecule has 0 spiro atoms. The van der Waals surface area contributed by atoms with Crippen LogP contribution in [0.15, 0.2) is 42.9 Å². The number of nitrogens with zero attached hydrogens (tertiary/aromatic N) is 2. The zero-order chi connectivity index (χ0) is 15.5. The predicted molar refractivity (Wildman–Crippen MR) is 85.1 cm³/mol. The second kappa shape index (κ2) is 5.70.